The zero-order valence-corrected chi connectivity index (χ0v) is 13.9. The van der Waals surface area contributed by atoms with Crippen LogP contribution in [-0.4, -0.2) is 33.9 Å². The Morgan fingerprint density at radius 3 is 2.60 bits per heavy atom. The molecule has 2 aromatic carbocycles. The number of aromatic nitrogens is 2. The molecule has 2 N–H and O–H groups in total. The maximum Gasteiger partial charge on any atom is 0.140 e. The number of aliphatic hydroxyl groups excluding tert-OH is 1. The van der Waals surface area contributed by atoms with E-state index >= 15 is 0 Å². The number of hydrogen-bond acceptors (Lipinski definition) is 4. The first-order valence-corrected chi connectivity index (χ1v) is 8.50. The number of imidazole rings is 1. The average molecular weight is 335 g/mol. The highest BCUT2D eigenvalue weighted by Gasteiger charge is 2.28. The standard InChI is InChI=1S/C20H21N3O2/c24-19-13-21-12-18(19)23-11-10-22-20(23)16-6-8-17(9-7-16)25-14-15-4-2-1-3-5-15/h1-11,18-19,21,24H,12-14H2/t18-,19-/m0/s1. The predicted octanol–water partition coefficient (Wildman–Crippen LogP) is 2.63. The highest BCUT2D eigenvalue weighted by atomic mass is 16.5. The van der Waals surface area contributed by atoms with Crippen molar-refractivity contribution in [3.05, 3.63) is 72.6 Å². The first kappa shape index (κ1) is 15.9. The Morgan fingerprint density at radius 2 is 1.88 bits per heavy atom. The van der Waals surface area contributed by atoms with Gasteiger partial charge in [0.15, 0.2) is 0 Å². The normalized spacial score (nSPS) is 19.9. The lowest BCUT2D eigenvalue weighted by atomic mass is 10.1. The SMILES string of the molecule is O[C@H]1CNC[C@@H]1n1ccnc1-c1ccc(OCc2ccccc2)cc1. The lowest BCUT2D eigenvalue weighted by Crippen LogP contribution is -2.22. The van der Waals surface area contributed by atoms with Crippen LogP contribution in [0.25, 0.3) is 11.4 Å². The predicted molar refractivity (Wildman–Crippen MR) is 96.4 cm³/mol. The minimum atomic E-state index is -0.388. The molecule has 1 aliphatic rings. The summed E-state index contributed by atoms with van der Waals surface area (Å²) in [5.74, 6) is 1.69. The van der Waals surface area contributed by atoms with Crippen LogP contribution in [0.1, 0.15) is 11.6 Å². The number of ether oxygens (including phenoxy) is 1. The maximum absolute atomic E-state index is 10.1. The van der Waals surface area contributed by atoms with Gasteiger partial charge < -0.3 is 19.7 Å². The third kappa shape index (κ3) is 3.43. The molecule has 5 nitrogen and oxygen atoms in total. The van der Waals surface area contributed by atoms with Crippen LogP contribution >= 0.6 is 0 Å². The van der Waals surface area contributed by atoms with Gasteiger partial charge in [0.05, 0.1) is 12.1 Å². The number of rotatable bonds is 5. The number of aliphatic hydroxyl groups is 1. The summed E-state index contributed by atoms with van der Waals surface area (Å²) in [5, 5.41) is 13.3. The van der Waals surface area contributed by atoms with E-state index in [0.717, 1.165) is 29.2 Å². The summed E-state index contributed by atoms with van der Waals surface area (Å²) in [5.41, 5.74) is 2.15. The van der Waals surface area contributed by atoms with E-state index in [4.69, 9.17) is 4.74 Å². The van der Waals surface area contributed by atoms with Crippen molar-refractivity contribution in [1.29, 1.82) is 0 Å². The van der Waals surface area contributed by atoms with Gasteiger partial charge in [-0.15, -0.1) is 0 Å². The quantitative estimate of drug-likeness (QED) is 0.752. The largest absolute Gasteiger partial charge is 0.489 e. The fraction of sp³-hybridized carbons (Fsp3) is 0.250. The van der Waals surface area contributed by atoms with Gasteiger partial charge in [-0.05, 0) is 29.8 Å². The molecule has 3 aromatic rings. The van der Waals surface area contributed by atoms with Gasteiger partial charge in [0.1, 0.15) is 18.2 Å². The van der Waals surface area contributed by atoms with Crippen molar-refractivity contribution in [1.82, 2.24) is 14.9 Å². The minimum absolute atomic E-state index is 0.0199. The van der Waals surface area contributed by atoms with Crippen LogP contribution in [0.15, 0.2) is 67.0 Å². The summed E-state index contributed by atoms with van der Waals surface area (Å²) in [6.45, 7) is 1.92. The molecule has 25 heavy (non-hydrogen) atoms. The lowest BCUT2D eigenvalue weighted by molar-refractivity contribution is 0.151. The maximum atomic E-state index is 10.1. The number of β-amino-alcohol motifs (C(OH)–C–C–N with tert-alkyl or cyclic N) is 1. The molecule has 1 fully saturated rings. The summed E-state index contributed by atoms with van der Waals surface area (Å²) >= 11 is 0. The van der Waals surface area contributed by atoms with Crippen LogP contribution in [0, 0.1) is 0 Å². The van der Waals surface area contributed by atoms with Gasteiger partial charge in [-0.3, -0.25) is 0 Å². The van der Waals surface area contributed by atoms with Gasteiger partial charge in [0.2, 0.25) is 0 Å². The van der Waals surface area contributed by atoms with Gasteiger partial charge in [-0.2, -0.15) is 0 Å². The van der Waals surface area contributed by atoms with Crippen molar-refractivity contribution in [2.24, 2.45) is 0 Å². The van der Waals surface area contributed by atoms with E-state index in [0.29, 0.717) is 13.2 Å². The van der Waals surface area contributed by atoms with Gasteiger partial charge in [-0.1, -0.05) is 30.3 Å². The van der Waals surface area contributed by atoms with Crippen LogP contribution in [0.2, 0.25) is 0 Å². The Hall–Kier alpha value is -2.63. The highest BCUT2D eigenvalue weighted by molar-refractivity contribution is 5.57. The summed E-state index contributed by atoms with van der Waals surface area (Å²) in [6, 6.07) is 18.1. The zero-order chi connectivity index (χ0) is 17.1. The first-order chi connectivity index (χ1) is 12.3. The summed E-state index contributed by atoms with van der Waals surface area (Å²) < 4.78 is 7.88. The molecule has 0 saturated carbocycles. The van der Waals surface area contributed by atoms with Crippen LogP contribution in [0.5, 0.6) is 5.75 Å². The van der Waals surface area contributed by atoms with E-state index in [9.17, 15) is 5.11 Å². The smallest absolute Gasteiger partial charge is 0.140 e. The highest BCUT2D eigenvalue weighted by Crippen LogP contribution is 2.26. The van der Waals surface area contributed by atoms with Crippen LogP contribution < -0.4 is 10.1 Å². The molecule has 2 atom stereocenters. The first-order valence-electron chi connectivity index (χ1n) is 8.50. The van der Waals surface area contributed by atoms with Crippen LogP contribution in [0.3, 0.4) is 0 Å². The number of benzene rings is 2. The van der Waals surface area contributed by atoms with Crippen molar-refractivity contribution in [2.75, 3.05) is 13.1 Å². The van der Waals surface area contributed by atoms with E-state index in [1.165, 1.54) is 0 Å². The van der Waals surface area contributed by atoms with Crippen molar-refractivity contribution in [2.45, 2.75) is 18.8 Å². The minimum Gasteiger partial charge on any atom is -0.489 e. The molecule has 0 amide bonds. The van der Waals surface area contributed by atoms with Gasteiger partial charge in [0, 0.05) is 31.0 Å². The van der Waals surface area contributed by atoms with E-state index in [2.05, 4.69) is 10.3 Å². The fourth-order valence-corrected chi connectivity index (χ4v) is 3.18. The van der Waals surface area contributed by atoms with Crippen molar-refractivity contribution >= 4 is 0 Å². The van der Waals surface area contributed by atoms with Crippen LogP contribution in [0.4, 0.5) is 0 Å². The second-order valence-electron chi connectivity index (χ2n) is 6.25. The van der Waals surface area contributed by atoms with Gasteiger partial charge in [0.25, 0.3) is 0 Å². The molecule has 0 aliphatic carbocycles. The molecule has 128 valence electrons. The molecule has 2 heterocycles. The Labute approximate surface area is 146 Å². The molecular weight excluding hydrogens is 314 g/mol. The fourth-order valence-electron chi connectivity index (χ4n) is 3.18. The third-order valence-corrected chi connectivity index (χ3v) is 4.54. The van der Waals surface area contributed by atoms with E-state index in [1.54, 1.807) is 6.20 Å². The Balaban J connectivity index is 1.48. The van der Waals surface area contributed by atoms with E-state index in [-0.39, 0.29) is 12.1 Å². The second kappa shape index (κ2) is 7.09. The number of nitrogens with one attached hydrogen (secondary N) is 1. The lowest BCUT2D eigenvalue weighted by Gasteiger charge is -2.18. The topological polar surface area (TPSA) is 59.3 Å². The molecule has 1 saturated heterocycles. The molecule has 1 aliphatic heterocycles. The van der Waals surface area contributed by atoms with Crippen molar-refractivity contribution in [3.8, 4) is 17.1 Å². The van der Waals surface area contributed by atoms with Gasteiger partial charge in [-0.25, -0.2) is 4.98 Å². The summed E-state index contributed by atoms with van der Waals surface area (Å²) in [4.78, 5) is 4.47. The Bertz CT molecular complexity index is 814. The number of nitrogens with zero attached hydrogens (tertiary/aromatic N) is 2. The molecule has 4 rings (SSSR count). The monoisotopic (exact) mass is 335 g/mol. The Morgan fingerprint density at radius 1 is 1.08 bits per heavy atom. The summed E-state index contributed by atoms with van der Waals surface area (Å²) in [7, 11) is 0. The second-order valence-corrected chi connectivity index (χ2v) is 6.25. The van der Waals surface area contributed by atoms with Crippen molar-refractivity contribution < 1.29 is 9.84 Å². The Kier molecular flexibility index (Phi) is 4.50. The van der Waals surface area contributed by atoms with E-state index in [1.807, 2.05) is 65.4 Å². The molecular formula is C20H21N3O2. The van der Waals surface area contributed by atoms with Crippen LogP contribution in [-0.2, 0) is 6.61 Å². The van der Waals surface area contributed by atoms with Crippen molar-refractivity contribution in [3.63, 3.8) is 0 Å². The average Bonchev–Trinajstić information content (AvgIpc) is 3.30. The molecule has 5 heteroatoms. The van der Waals surface area contributed by atoms with E-state index < -0.39 is 0 Å². The third-order valence-electron chi connectivity index (χ3n) is 4.54. The summed E-state index contributed by atoms with van der Waals surface area (Å²) in [6.07, 6.45) is 3.32. The molecule has 0 radical (unpaired) electrons. The molecule has 0 bridgehead atoms. The van der Waals surface area contributed by atoms with Gasteiger partial charge >= 0.3 is 0 Å². The zero-order valence-electron chi connectivity index (χ0n) is 13.9. The number of hydrogen-bond donors (Lipinski definition) is 2. The molecule has 0 spiro atoms. The molecule has 1 aromatic heterocycles. The molecule has 0 unspecified atom stereocenters.